The third-order valence-corrected chi connectivity index (χ3v) is 3.78. The minimum absolute atomic E-state index is 0.500. The number of rotatable bonds is 5. The second-order valence-electron chi connectivity index (χ2n) is 13.1. The Morgan fingerprint density at radius 1 is 0.525 bits per heavy atom. The van der Waals surface area contributed by atoms with Crippen molar-refractivity contribution in [1.29, 1.82) is 0 Å². The third-order valence-electron chi connectivity index (χ3n) is 3.78. The molecule has 0 nitrogen and oxygen atoms in total. The average Bonchev–Trinajstić information content (AvgIpc) is 2.86. The van der Waals surface area contributed by atoms with Gasteiger partial charge in [0.1, 0.15) is 0 Å². The molecule has 0 saturated carbocycles. The van der Waals surface area contributed by atoms with Crippen LogP contribution in [0, 0.1) is 30.1 Å². The van der Waals surface area contributed by atoms with E-state index in [4.69, 9.17) is 0 Å². The first-order chi connectivity index (χ1) is 18.4. The van der Waals surface area contributed by atoms with Crippen LogP contribution < -0.4 is 0 Å². The van der Waals surface area contributed by atoms with E-state index in [1.165, 1.54) is 56.9 Å². The smallest absolute Gasteiger partial charge is 0.0398 e. The molecule has 40 heavy (non-hydrogen) atoms. The quantitative estimate of drug-likeness (QED) is 0.330. The van der Waals surface area contributed by atoms with Gasteiger partial charge in [-0.2, -0.15) is 0 Å². The van der Waals surface area contributed by atoms with Gasteiger partial charge >= 0.3 is 0 Å². The Kier molecular flexibility index (Phi) is 85.2. The van der Waals surface area contributed by atoms with Gasteiger partial charge < -0.3 is 0 Å². The Bertz CT molecular complexity index is 385. The average molecular weight is 571 g/mol. The van der Waals surface area contributed by atoms with Gasteiger partial charge in [0.15, 0.2) is 0 Å². The largest absolute Gasteiger partial charge is 0.0683 e. The highest BCUT2D eigenvalue weighted by molar-refractivity contribution is 5.11. The van der Waals surface area contributed by atoms with Crippen molar-refractivity contribution in [3.8, 4) is 0 Å². The Labute approximate surface area is 262 Å². The molecule has 1 rings (SSSR count). The number of aryl methyl sites for hydroxylation is 1. The molecule has 0 atom stereocenters. The zero-order valence-electron chi connectivity index (χ0n) is 33.3. The second kappa shape index (κ2) is 58.0. The summed E-state index contributed by atoms with van der Waals surface area (Å²) in [5, 5.41) is 0. The molecule has 0 heterocycles. The maximum absolute atomic E-state index is 2.22. The Morgan fingerprint density at radius 2 is 0.725 bits per heavy atom. The Hall–Kier alpha value is -0.780. The molecule has 0 unspecified atom stereocenters. The van der Waals surface area contributed by atoms with Crippen molar-refractivity contribution in [2.45, 2.75) is 204 Å². The van der Waals surface area contributed by atoms with Gasteiger partial charge in [-0.3, -0.25) is 0 Å². The van der Waals surface area contributed by atoms with E-state index in [9.17, 15) is 0 Å². The maximum Gasteiger partial charge on any atom is -0.0398 e. The van der Waals surface area contributed by atoms with Gasteiger partial charge in [-0.05, 0) is 30.1 Å². The molecule has 0 aliphatic carbocycles. The van der Waals surface area contributed by atoms with Crippen molar-refractivity contribution in [3.63, 3.8) is 0 Å². The van der Waals surface area contributed by atoms with Crippen molar-refractivity contribution in [3.05, 3.63) is 35.9 Å². The molecule has 1 aromatic rings. The summed E-state index contributed by atoms with van der Waals surface area (Å²) in [6.45, 7) is 47.7. The van der Waals surface area contributed by atoms with E-state index in [1.807, 2.05) is 32.0 Å². The monoisotopic (exact) mass is 571 g/mol. The van der Waals surface area contributed by atoms with E-state index in [0.717, 1.165) is 17.8 Å². The predicted octanol–water partition coefficient (Wildman–Crippen LogP) is 16.3. The standard InChI is InChI=1S/C7H8.4C5H12.2C4H10.C3H8.C2H6/c1-7-5-3-2-4-6-7;1-5(2,3)4;2*1-4-5(2)3;1-3-5-4-2;1-4(2)3;1-3-4-2;1-3-2;1-2/h2-6H,1H3;1-4H3;2*5H,4H2,1-3H3;3-5H2,1-2H3;4H,1-3H3;3-4H2,1-2H3;3H2,1-2H3;1-2H3. The zero-order chi connectivity index (χ0) is 34.0. The van der Waals surface area contributed by atoms with Gasteiger partial charge in [0.05, 0.1) is 0 Å². The van der Waals surface area contributed by atoms with Gasteiger partial charge in [0.2, 0.25) is 0 Å². The van der Waals surface area contributed by atoms with Crippen molar-refractivity contribution in [2.75, 3.05) is 0 Å². The zero-order valence-corrected chi connectivity index (χ0v) is 33.3. The van der Waals surface area contributed by atoms with Crippen LogP contribution in [0.5, 0.6) is 0 Å². The summed E-state index contributed by atoms with van der Waals surface area (Å²) in [7, 11) is 0. The van der Waals surface area contributed by atoms with Crippen LogP contribution in [0.1, 0.15) is 202 Å². The highest BCUT2D eigenvalue weighted by Gasteiger charge is 1.95. The second-order valence-corrected chi connectivity index (χ2v) is 13.1. The lowest BCUT2D eigenvalue weighted by Crippen LogP contribution is -1.93. The number of benzene rings is 1. The minimum atomic E-state index is 0.500. The number of hydrogen-bond donors (Lipinski definition) is 0. The minimum Gasteiger partial charge on any atom is -0.0683 e. The molecule has 1 aromatic carbocycles. The molecule has 0 radical (unpaired) electrons. The lowest BCUT2D eigenvalue weighted by atomic mass is 10.0. The van der Waals surface area contributed by atoms with Crippen LogP contribution in [-0.4, -0.2) is 0 Å². The summed E-state index contributed by atoms with van der Waals surface area (Å²) >= 11 is 0. The predicted molar refractivity (Wildman–Crippen MR) is 200 cm³/mol. The molecule has 0 amide bonds. The van der Waals surface area contributed by atoms with E-state index in [1.54, 1.807) is 0 Å². The molecule has 0 N–H and O–H groups in total. The van der Waals surface area contributed by atoms with Crippen molar-refractivity contribution in [1.82, 2.24) is 0 Å². The van der Waals surface area contributed by atoms with E-state index in [-0.39, 0.29) is 0 Å². The molecular weight excluding hydrogens is 480 g/mol. The summed E-state index contributed by atoms with van der Waals surface area (Å²) in [6.07, 6.45) is 10.6. The van der Waals surface area contributed by atoms with E-state index < -0.39 is 0 Å². The van der Waals surface area contributed by atoms with Crippen molar-refractivity contribution >= 4 is 0 Å². The van der Waals surface area contributed by atoms with Crippen molar-refractivity contribution in [2.24, 2.45) is 23.2 Å². The summed E-state index contributed by atoms with van der Waals surface area (Å²) < 4.78 is 0. The molecule has 0 aromatic heterocycles. The van der Waals surface area contributed by atoms with E-state index >= 15 is 0 Å². The molecular formula is C40H90. The van der Waals surface area contributed by atoms with Gasteiger partial charge in [-0.1, -0.05) is 233 Å². The summed E-state index contributed by atoms with van der Waals surface area (Å²) in [5.74, 6) is 2.60. The van der Waals surface area contributed by atoms with Crippen LogP contribution in [0.15, 0.2) is 30.3 Å². The first-order valence-electron chi connectivity index (χ1n) is 17.4. The normalized spacial score (nSPS) is 8.72. The first-order valence-corrected chi connectivity index (χ1v) is 17.4. The summed E-state index contributed by atoms with van der Waals surface area (Å²) in [4.78, 5) is 0. The van der Waals surface area contributed by atoms with Crippen LogP contribution in [0.4, 0.5) is 0 Å². The third kappa shape index (κ3) is 241. The fourth-order valence-corrected chi connectivity index (χ4v) is 0.888. The summed E-state index contributed by atoms with van der Waals surface area (Å²) in [5.41, 5.74) is 1.82. The van der Waals surface area contributed by atoms with Crippen LogP contribution in [-0.2, 0) is 0 Å². The van der Waals surface area contributed by atoms with Gasteiger partial charge in [0.25, 0.3) is 0 Å². The summed E-state index contributed by atoms with van der Waals surface area (Å²) in [6, 6.07) is 10.3. The number of unbranched alkanes of at least 4 members (excludes halogenated alkanes) is 3. The molecule has 0 aliphatic heterocycles. The van der Waals surface area contributed by atoms with Gasteiger partial charge in [-0.25, -0.2) is 0 Å². The first kappa shape index (κ1) is 58.8. The molecule has 0 fully saturated rings. The fourth-order valence-electron chi connectivity index (χ4n) is 0.888. The fraction of sp³-hybridized carbons (Fsp3) is 0.850. The molecule has 0 aliphatic rings. The van der Waals surface area contributed by atoms with Crippen LogP contribution >= 0.6 is 0 Å². The lowest BCUT2D eigenvalue weighted by molar-refractivity contribution is 0.469. The highest BCUT2D eigenvalue weighted by atomic mass is 14.0. The Balaban J connectivity index is -0.0000000489. The molecule has 0 spiro atoms. The van der Waals surface area contributed by atoms with Gasteiger partial charge in [-0.15, -0.1) is 0 Å². The van der Waals surface area contributed by atoms with Gasteiger partial charge in [0, 0.05) is 0 Å². The SMILES string of the molecule is CC.CC(C)(C)C.CC(C)C.CCC.CCC(C)C.CCC(C)C.CCCC.CCCCC.Cc1ccccc1. The molecule has 250 valence electrons. The topological polar surface area (TPSA) is 0 Å². The van der Waals surface area contributed by atoms with E-state index in [2.05, 4.69) is 151 Å². The van der Waals surface area contributed by atoms with E-state index in [0.29, 0.717) is 5.41 Å². The van der Waals surface area contributed by atoms with Crippen LogP contribution in [0.25, 0.3) is 0 Å². The number of hydrogen-bond acceptors (Lipinski definition) is 0. The lowest BCUT2D eigenvalue weighted by Gasteiger charge is -2.05. The molecule has 0 bridgehead atoms. The van der Waals surface area contributed by atoms with Crippen molar-refractivity contribution < 1.29 is 0 Å². The Morgan fingerprint density at radius 3 is 0.775 bits per heavy atom. The maximum atomic E-state index is 2.22. The molecule has 0 heteroatoms. The highest BCUT2D eigenvalue weighted by Crippen LogP contribution is 2.08. The van der Waals surface area contributed by atoms with Crippen LogP contribution in [0.2, 0.25) is 0 Å². The van der Waals surface area contributed by atoms with Crippen LogP contribution in [0.3, 0.4) is 0 Å². The molecule has 0 saturated heterocycles.